The third-order valence-electron chi connectivity index (χ3n) is 1.53. The zero-order valence-corrected chi connectivity index (χ0v) is 7.65. The largest absolute Gasteiger partial charge is 0.506 e. The number of nitrogens with two attached hydrogens (primary N) is 1. The van der Waals surface area contributed by atoms with Gasteiger partial charge in [0.25, 0.3) is 10.1 Å². The number of aromatic hydroxyl groups is 1. The van der Waals surface area contributed by atoms with Crippen molar-refractivity contribution in [1.29, 1.82) is 0 Å². The van der Waals surface area contributed by atoms with Crippen molar-refractivity contribution in [2.75, 3.05) is 5.73 Å². The van der Waals surface area contributed by atoms with Gasteiger partial charge in [0, 0.05) is 5.69 Å². The van der Waals surface area contributed by atoms with Crippen LogP contribution in [0.1, 0.15) is 10.4 Å². The average molecular weight is 217 g/mol. The third kappa shape index (κ3) is 1.83. The van der Waals surface area contributed by atoms with Crippen molar-refractivity contribution < 1.29 is 22.9 Å². The summed E-state index contributed by atoms with van der Waals surface area (Å²) in [6, 6.07) is 1.95. The molecule has 0 amide bonds. The number of hydrogen-bond donors (Lipinski definition) is 3. The Hall–Kier alpha value is -1.60. The molecule has 1 rings (SSSR count). The first-order valence-electron chi connectivity index (χ1n) is 3.41. The summed E-state index contributed by atoms with van der Waals surface area (Å²) >= 11 is 0. The van der Waals surface area contributed by atoms with Crippen molar-refractivity contribution >= 4 is 22.1 Å². The molecule has 0 unspecified atom stereocenters. The van der Waals surface area contributed by atoms with E-state index in [0.29, 0.717) is 0 Å². The molecule has 14 heavy (non-hydrogen) atoms. The fourth-order valence-electron chi connectivity index (χ4n) is 0.938. The quantitative estimate of drug-likeness (QED) is 0.278. The normalized spacial score (nSPS) is 11.2. The Bertz CT molecular complexity index is 479. The summed E-state index contributed by atoms with van der Waals surface area (Å²) in [6.45, 7) is 0. The number of aldehydes is 1. The average Bonchev–Trinajstić information content (AvgIpc) is 2.06. The lowest BCUT2D eigenvalue weighted by atomic mass is 10.2. The Morgan fingerprint density at radius 3 is 2.36 bits per heavy atom. The second kappa shape index (κ2) is 3.28. The highest BCUT2D eigenvalue weighted by molar-refractivity contribution is 7.86. The number of carbonyl (C=O) groups excluding carboxylic acids is 1. The van der Waals surface area contributed by atoms with Crippen LogP contribution >= 0.6 is 0 Å². The lowest BCUT2D eigenvalue weighted by Crippen LogP contribution is -2.02. The molecule has 1 aromatic rings. The summed E-state index contributed by atoms with van der Waals surface area (Å²) in [6.07, 6.45) is 0.236. The fraction of sp³-hybridized carbons (Fsp3) is 0. The minimum atomic E-state index is -4.58. The summed E-state index contributed by atoms with van der Waals surface area (Å²) < 4.78 is 30.1. The number of rotatable bonds is 2. The smallest absolute Gasteiger partial charge is 0.298 e. The van der Waals surface area contributed by atoms with Gasteiger partial charge in [-0.1, -0.05) is 0 Å². The Morgan fingerprint density at radius 2 is 1.93 bits per heavy atom. The van der Waals surface area contributed by atoms with Crippen LogP contribution < -0.4 is 5.73 Å². The van der Waals surface area contributed by atoms with Gasteiger partial charge in [-0.3, -0.25) is 9.35 Å². The monoisotopic (exact) mass is 217 g/mol. The Kier molecular flexibility index (Phi) is 2.45. The maximum Gasteiger partial charge on any atom is 0.298 e. The molecular weight excluding hydrogens is 210 g/mol. The number of hydrogen-bond acceptors (Lipinski definition) is 5. The van der Waals surface area contributed by atoms with Crippen LogP contribution in [0.2, 0.25) is 0 Å². The molecule has 0 aromatic heterocycles. The number of nitrogen functional groups attached to an aromatic ring is 1. The second-order valence-electron chi connectivity index (χ2n) is 2.55. The van der Waals surface area contributed by atoms with E-state index in [2.05, 4.69) is 0 Å². The van der Waals surface area contributed by atoms with Crippen LogP contribution in [0.4, 0.5) is 5.69 Å². The molecule has 0 bridgehead atoms. The molecule has 0 aliphatic carbocycles. The van der Waals surface area contributed by atoms with E-state index in [9.17, 15) is 18.3 Å². The summed E-state index contributed by atoms with van der Waals surface area (Å²) in [5.74, 6) is -0.809. The molecule has 0 spiro atoms. The van der Waals surface area contributed by atoms with Crippen molar-refractivity contribution in [2.45, 2.75) is 4.90 Å². The third-order valence-corrected chi connectivity index (χ3v) is 2.40. The molecule has 0 fully saturated rings. The number of carbonyl (C=O) groups is 1. The van der Waals surface area contributed by atoms with E-state index in [1.165, 1.54) is 0 Å². The number of phenols is 1. The minimum Gasteiger partial charge on any atom is -0.506 e. The van der Waals surface area contributed by atoms with Gasteiger partial charge in [0.2, 0.25) is 0 Å². The molecule has 4 N–H and O–H groups in total. The standard InChI is InChI=1S/C7H7NO5S/c8-5-1-4(3-9)7(10)6(2-5)14(11,12)13/h1-3,10H,8H2,(H,11,12,13). The molecule has 76 valence electrons. The van der Waals surface area contributed by atoms with E-state index < -0.39 is 20.8 Å². The highest BCUT2D eigenvalue weighted by Crippen LogP contribution is 2.28. The molecule has 0 atom stereocenters. The number of benzene rings is 1. The molecule has 7 heteroatoms. The van der Waals surface area contributed by atoms with Gasteiger partial charge in [-0.05, 0) is 12.1 Å². The Labute approximate surface area is 79.7 Å². The summed E-state index contributed by atoms with van der Waals surface area (Å²) in [4.78, 5) is 9.59. The molecule has 0 aliphatic heterocycles. The van der Waals surface area contributed by atoms with Gasteiger partial charge in [-0.15, -0.1) is 0 Å². The zero-order chi connectivity index (χ0) is 10.9. The van der Waals surface area contributed by atoms with E-state index in [1.807, 2.05) is 0 Å². The fourth-order valence-corrected chi connectivity index (χ4v) is 1.59. The van der Waals surface area contributed by atoms with Crippen molar-refractivity contribution in [3.63, 3.8) is 0 Å². The highest BCUT2D eigenvalue weighted by Gasteiger charge is 2.18. The first kappa shape index (κ1) is 10.5. The number of phenolic OH excluding ortho intramolecular Hbond substituents is 1. The van der Waals surface area contributed by atoms with Crippen LogP contribution in [0.15, 0.2) is 17.0 Å². The van der Waals surface area contributed by atoms with Gasteiger partial charge in [0.05, 0.1) is 5.56 Å². The van der Waals surface area contributed by atoms with Gasteiger partial charge in [-0.25, -0.2) is 0 Å². The molecule has 0 aliphatic rings. The molecule has 0 saturated carbocycles. The van der Waals surface area contributed by atoms with E-state index in [4.69, 9.17) is 10.3 Å². The first-order valence-corrected chi connectivity index (χ1v) is 4.85. The van der Waals surface area contributed by atoms with Crippen molar-refractivity contribution in [1.82, 2.24) is 0 Å². The van der Waals surface area contributed by atoms with E-state index in [0.717, 1.165) is 12.1 Å². The van der Waals surface area contributed by atoms with E-state index in [1.54, 1.807) is 0 Å². The molecule has 0 radical (unpaired) electrons. The summed E-state index contributed by atoms with van der Waals surface area (Å²) in [7, 11) is -4.58. The molecular formula is C7H7NO5S. The van der Waals surface area contributed by atoms with Crippen molar-refractivity contribution in [3.8, 4) is 5.75 Å². The zero-order valence-electron chi connectivity index (χ0n) is 6.84. The van der Waals surface area contributed by atoms with Gasteiger partial charge in [0.15, 0.2) is 6.29 Å². The van der Waals surface area contributed by atoms with Crippen LogP contribution in [-0.4, -0.2) is 24.4 Å². The minimum absolute atomic E-state index is 0.0440. The lowest BCUT2D eigenvalue weighted by Gasteiger charge is -2.04. The van der Waals surface area contributed by atoms with Crippen molar-refractivity contribution in [2.24, 2.45) is 0 Å². The van der Waals surface area contributed by atoms with Crippen LogP contribution in [0, 0.1) is 0 Å². The van der Waals surface area contributed by atoms with E-state index in [-0.39, 0.29) is 17.5 Å². The molecule has 0 heterocycles. The van der Waals surface area contributed by atoms with Crippen molar-refractivity contribution in [3.05, 3.63) is 17.7 Å². The molecule has 1 aromatic carbocycles. The van der Waals surface area contributed by atoms with Gasteiger partial charge >= 0.3 is 0 Å². The maximum absolute atomic E-state index is 10.7. The van der Waals surface area contributed by atoms with Crippen LogP contribution in [-0.2, 0) is 10.1 Å². The summed E-state index contributed by atoms with van der Waals surface area (Å²) in [5.41, 5.74) is 4.92. The van der Waals surface area contributed by atoms with Gasteiger partial charge in [-0.2, -0.15) is 8.42 Å². The lowest BCUT2D eigenvalue weighted by molar-refractivity contribution is 0.112. The summed E-state index contributed by atoms with van der Waals surface area (Å²) in [5, 5.41) is 9.22. The second-order valence-corrected chi connectivity index (χ2v) is 3.94. The van der Waals surface area contributed by atoms with Crippen LogP contribution in [0.5, 0.6) is 5.75 Å². The predicted molar refractivity (Wildman–Crippen MR) is 47.7 cm³/mol. The maximum atomic E-state index is 10.7. The first-order chi connectivity index (χ1) is 6.36. The van der Waals surface area contributed by atoms with Gasteiger partial charge in [0.1, 0.15) is 10.6 Å². The van der Waals surface area contributed by atoms with E-state index >= 15 is 0 Å². The highest BCUT2D eigenvalue weighted by atomic mass is 32.2. The predicted octanol–water partition coefficient (Wildman–Crippen LogP) is 0.0336. The Balaban J connectivity index is 3.61. The topological polar surface area (TPSA) is 118 Å². The van der Waals surface area contributed by atoms with Crippen LogP contribution in [0.25, 0.3) is 0 Å². The molecule has 0 saturated heterocycles. The number of anilines is 1. The van der Waals surface area contributed by atoms with Gasteiger partial charge < -0.3 is 10.8 Å². The molecule has 6 nitrogen and oxygen atoms in total. The van der Waals surface area contributed by atoms with Crippen LogP contribution in [0.3, 0.4) is 0 Å². The SMILES string of the molecule is Nc1cc(C=O)c(O)c(S(=O)(=O)O)c1. The Morgan fingerprint density at radius 1 is 1.36 bits per heavy atom.